The number of hydrogen-bond donors (Lipinski definition) is 1. The predicted molar refractivity (Wildman–Crippen MR) is 123 cm³/mol. The van der Waals surface area contributed by atoms with Gasteiger partial charge in [-0.25, -0.2) is 4.39 Å². The molecule has 6 nitrogen and oxygen atoms in total. The van der Waals surface area contributed by atoms with Crippen LogP contribution < -0.4 is 15.0 Å². The monoisotopic (exact) mass is 441 g/mol. The van der Waals surface area contributed by atoms with Crippen LogP contribution in [0.5, 0.6) is 5.75 Å². The fourth-order valence-corrected chi connectivity index (χ4v) is 3.65. The first-order chi connectivity index (χ1) is 14.9. The maximum atomic E-state index is 13.3. The first kappa shape index (κ1) is 22.4. The first-order valence-corrected chi connectivity index (χ1v) is 10.4. The van der Waals surface area contributed by atoms with E-state index in [2.05, 4.69) is 11.9 Å². The van der Waals surface area contributed by atoms with Crippen molar-refractivity contribution in [3.05, 3.63) is 67.0 Å². The van der Waals surface area contributed by atoms with Gasteiger partial charge in [0.1, 0.15) is 17.6 Å². The summed E-state index contributed by atoms with van der Waals surface area (Å²) in [5.74, 6) is -0.343. The number of halogens is 1. The normalized spacial score (nSPS) is 15.9. The molecule has 1 N–H and O–H groups in total. The van der Waals surface area contributed by atoms with E-state index in [-0.39, 0.29) is 23.3 Å². The molecule has 3 rings (SSSR count). The fraction of sp³-hybridized carbons (Fsp3) is 0.261. The largest absolute Gasteiger partial charge is 0.494 e. The third kappa shape index (κ3) is 5.27. The molecule has 1 atom stereocenters. The first-order valence-electron chi connectivity index (χ1n) is 9.98. The molecule has 2 amide bonds. The van der Waals surface area contributed by atoms with Crippen molar-refractivity contribution in [3.63, 3.8) is 0 Å². The molecule has 1 heterocycles. The van der Waals surface area contributed by atoms with Gasteiger partial charge in [0.2, 0.25) is 5.91 Å². The van der Waals surface area contributed by atoms with Gasteiger partial charge in [-0.3, -0.25) is 14.5 Å². The number of carbonyl (C=O) groups excluding carboxylic acids is 2. The molecule has 0 bridgehead atoms. The van der Waals surface area contributed by atoms with Crippen molar-refractivity contribution >= 4 is 40.5 Å². The van der Waals surface area contributed by atoms with Gasteiger partial charge in [-0.1, -0.05) is 13.0 Å². The Kier molecular flexibility index (Phi) is 7.36. The van der Waals surface area contributed by atoms with Crippen molar-refractivity contribution < 1.29 is 18.7 Å². The summed E-state index contributed by atoms with van der Waals surface area (Å²) < 4.78 is 18.8. The topological polar surface area (TPSA) is 61.9 Å². The number of nitrogens with one attached hydrogen (secondary N) is 1. The number of hydrogen-bond acceptors (Lipinski definition) is 4. The zero-order valence-electron chi connectivity index (χ0n) is 17.2. The van der Waals surface area contributed by atoms with Crippen LogP contribution in [-0.2, 0) is 9.59 Å². The second-order valence-electron chi connectivity index (χ2n) is 7.01. The lowest BCUT2D eigenvalue weighted by atomic mass is 10.1. The highest BCUT2D eigenvalue weighted by atomic mass is 32.1. The average molecular weight is 442 g/mol. The van der Waals surface area contributed by atoms with Crippen LogP contribution in [0.1, 0.15) is 19.8 Å². The lowest BCUT2D eigenvalue weighted by Crippen LogP contribution is -2.37. The van der Waals surface area contributed by atoms with Crippen LogP contribution in [0.4, 0.5) is 15.8 Å². The van der Waals surface area contributed by atoms with Crippen LogP contribution >= 0.6 is 12.2 Å². The van der Waals surface area contributed by atoms with Gasteiger partial charge in [0.05, 0.1) is 18.7 Å². The molecule has 8 heteroatoms. The number of thiocarbonyl (C=S) groups is 1. The molecule has 0 saturated carbocycles. The molecule has 1 saturated heterocycles. The molecule has 162 valence electrons. The van der Waals surface area contributed by atoms with Crippen molar-refractivity contribution in [2.45, 2.75) is 25.8 Å². The van der Waals surface area contributed by atoms with Crippen molar-refractivity contribution in [2.75, 3.05) is 23.4 Å². The van der Waals surface area contributed by atoms with Gasteiger partial charge >= 0.3 is 0 Å². The Morgan fingerprint density at radius 2 is 1.90 bits per heavy atom. The number of amides is 2. The number of carbonyl (C=O) groups is 2. The van der Waals surface area contributed by atoms with Crippen molar-refractivity contribution in [1.29, 1.82) is 0 Å². The quantitative estimate of drug-likeness (QED) is 0.468. The second kappa shape index (κ2) is 10.2. The lowest BCUT2D eigenvalue weighted by Gasteiger charge is -2.22. The zero-order chi connectivity index (χ0) is 22.4. The highest BCUT2D eigenvalue weighted by molar-refractivity contribution is 7.80. The molecule has 0 radical (unpaired) electrons. The minimum absolute atomic E-state index is 0.0847. The highest BCUT2D eigenvalue weighted by Crippen LogP contribution is 2.27. The third-order valence-electron chi connectivity index (χ3n) is 4.72. The van der Waals surface area contributed by atoms with Crippen LogP contribution in [0.2, 0.25) is 0 Å². The van der Waals surface area contributed by atoms with E-state index in [0.29, 0.717) is 24.5 Å². The van der Waals surface area contributed by atoms with Crippen molar-refractivity contribution in [3.8, 4) is 5.75 Å². The van der Waals surface area contributed by atoms with E-state index in [0.717, 1.165) is 12.2 Å². The van der Waals surface area contributed by atoms with Crippen LogP contribution in [0.25, 0.3) is 0 Å². The van der Waals surface area contributed by atoms with Crippen LogP contribution in [-0.4, -0.2) is 41.0 Å². The van der Waals surface area contributed by atoms with E-state index < -0.39 is 11.9 Å². The lowest BCUT2D eigenvalue weighted by molar-refractivity contribution is -0.124. The van der Waals surface area contributed by atoms with Gasteiger partial charge in [0.25, 0.3) is 5.91 Å². The molecule has 0 aromatic heterocycles. The number of anilines is 2. The molecule has 31 heavy (non-hydrogen) atoms. The molecule has 2 aromatic carbocycles. The maximum Gasteiger partial charge on any atom is 0.256 e. The van der Waals surface area contributed by atoms with Crippen molar-refractivity contribution in [2.24, 2.45) is 0 Å². The molecular formula is C23H24FN3O3S. The predicted octanol–water partition coefficient (Wildman–Crippen LogP) is 4.13. The molecular weight excluding hydrogens is 417 g/mol. The zero-order valence-corrected chi connectivity index (χ0v) is 18.0. The fourth-order valence-electron chi connectivity index (χ4n) is 3.25. The van der Waals surface area contributed by atoms with Gasteiger partial charge in [0, 0.05) is 12.2 Å². The Hall–Kier alpha value is -3.26. The SMILES string of the molecule is C=CCN1C(=S)N(c2ccc(F)cc2)C(=O)C1CC(=O)Nc1ccc(OCCC)cc1. The van der Waals surface area contributed by atoms with Gasteiger partial charge in [-0.2, -0.15) is 0 Å². The Balaban J connectivity index is 1.71. The van der Waals surface area contributed by atoms with E-state index in [4.69, 9.17) is 17.0 Å². The highest BCUT2D eigenvalue weighted by Gasteiger charge is 2.43. The van der Waals surface area contributed by atoms with Gasteiger partial charge in [0.15, 0.2) is 5.11 Å². The van der Waals surface area contributed by atoms with E-state index in [1.165, 1.54) is 29.2 Å². The summed E-state index contributed by atoms with van der Waals surface area (Å²) in [4.78, 5) is 28.7. The van der Waals surface area contributed by atoms with Gasteiger partial charge in [-0.05, 0) is 67.2 Å². The summed E-state index contributed by atoms with van der Waals surface area (Å²) >= 11 is 5.47. The standard InChI is InChI=1S/C23H24FN3O3S/c1-3-13-26-20(22(29)27(23(26)31)18-9-5-16(24)6-10-18)15-21(28)25-17-7-11-19(12-8-17)30-14-4-2/h3,5-12,20H,1,4,13-15H2,2H3,(H,25,28). The summed E-state index contributed by atoms with van der Waals surface area (Å²) in [5, 5.41) is 3.06. The third-order valence-corrected chi connectivity index (χ3v) is 5.14. The van der Waals surface area contributed by atoms with Gasteiger partial charge in [-0.15, -0.1) is 6.58 Å². The molecule has 1 aliphatic rings. The van der Waals surface area contributed by atoms with Crippen molar-refractivity contribution in [1.82, 2.24) is 4.90 Å². The number of benzene rings is 2. The summed E-state index contributed by atoms with van der Waals surface area (Å²) in [6.07, 6.45) is 2.44. The Morgan fingerprint density at radius 3 is 2.52 bits per heavy atom. The molecule has 1 unspecified atom stereocenters. The van der Waals surface area contributed by atoms with E-state index in [1.54, 1.807) is 35.2 Å². The number of nitrogens with zero attached hydrogens (tertiary/aromatic N) is 2. The maximum absolute atomic E-state index is 13.3. The second-order valence-corrected chi connectivity index (χ2v) is 7.38. The molecule has 0 aliphatic carbocycles. The van der Waals surface area contributed by atoms with Gasteiger partial charge < -0.3 is 15.0 Å². The van der Waals surface area contributed by atoms with Crippen LogP contribution in [0.15, 0.2) is 61.2 Å². The average Bonchev–Trinajstić information content (AvgIpc) is 2.98. The summed E-state index contributed by atoms with van der Waals surface area (Å²) in [7, 11) is 0. The summed E-state index contributed by atoms with van der Waals surface area (Å²) in [5.41, 5.74) is 1.06. The molecule has 1 aliphatic heterocycles. The number of ether oxygens (including phenoxy) is 1. The molecule has 1 fully saturated rings. The smallest absolute Gasteiger partial charge is 0.256 e. The minimum Gasteiger partial charge on any atom is -0.494 e. The molecule has 0 spiro atoms. The summed E-state index contributed by atoms with van der Waals surface area (Å²) in [6.45, 7) is 6.67. The number of rotatable bonds is 9. The van der Waals surface area contributed by atoms with E-state index in [9.17, 15) is 14.0 Å². The van der Waals surface area contributed by atoms with Crippen LogP contribution in [0.3, 0.4) is 0 Å². The Morgan fingerprint density at radius 1 is 1.23 bits per heavy atom. The summed E-state index contributed by atoms with van der Waals surface area (Å²) in [6, 6.07) is 11.8. The molecule has 2 aromatic rings. The Bertz CT molecular complexity index is 963. The van der Waals surface area contributed by atoms with E-state index >= 15 is 0 Å². The minimum atomic E-state index is -0.775. The van der Waals surface area contributed by atoms with E-state index in [1.807, 2.05) is 6.92 Å². The van der Waals surface area contributed by atoms with Crippen LogP contribution in [0, 0.1) is 5.82 Å². The Labute approximate surface area is 186 Å².